The van der Waals surface area contributed by atoms with E-state index in [4.69, 9.17) is 4.74 Å². The first-order chi connectivity index (χ1) is 9.92. The van der Waals surface area contributed by atoms with Crippen LogP contribution in [-0.4, -0.2) is 24.6 Å². The molecule has 0 radical (unpaired) electrons. The second-order valence-corrected chi connectivity index (χ2v) is 5.31. The van der Waals surface area contributed by atoms with E-state index in [1.807, 2.05) is 45.0 Å². The molecule has 1 amide bonds. The molecule has 1 aromatic rings. The SMILES string of the molecule is CC(=O)NC(C)CNC(C#N)c1cccc(OC(C)C)c1. The van der Waals surface area contributed by atoms with Crippen molar-refractivity contribution in [2.75, 3.05) is 6.54 Å². The maximum Gasteiger partial charge on any atom is 0.217 e. The summed E-state index contributed by atoms with van der Waals surface area (Å²) in [6.07, 6.45) is 0.0912. The second-order valence-electron chi connectivity index (χ2n) is 5.31. The summed E-state index contributed by atoms with van der Waals surface area (Å²) in [7, 11) is 0. The highest BCUT2D eigenvalue weighted by atomic mass is 16.5. The highest BCUT2D eigenvalue weighted by molar-refractivity contribution is 5.73. The van der Waals surface area contributed by atoms with Crippen LogP contribution in [0.5, 0.6) is 5.75 Å². The number of amides is 1. The summed E-state index contributed by atoms with van der Waals surface area (Å²) in [6, 6.07) is 9.26. The van der Waals surface area contributed by atoms with E-state index >= 15 is 0 Å². The first-order valence-corrected chi connectivity index (χ1v) is 7.09. The van der Waals surface area contributed by atoms with Gasteiger partial charge in [-0.3, -0.25) is 10.1 Å². The van der Waals surface area contributed by atoms with Crippen LogP contribution in [0, 0.1) is 11.3 Å². The van der Waals surface area contributed by atoms with Crippen LogP contribution in [0.2, 0.25) is 0 Å². The van der Waals surface area contributed by atoms with E-state index in [1.165, 1.54) is 6.92 Å². The molecule has 2 N–H and O–H groups in total. The zero-order chi connectivity index (χ0) is 15.8. The largest absolute Gasteiger partial charge is 0.491 e. The molecule has 0 saturated carbocycles. The lowest BCUT2D eigenvalue weighted by Crippen LogP contribution is -2.39. The molecule has 21 heavy (non-hydrogen) atoms. The number of hydrogen-bond donors (Lipinski definition) is 2. The van der Waals surface area contributed by atoms with E-state index in [9.17, 15) is 10.1 Å². The number of carbonyl (C=O) groups excluding carboxylic acids is 1. The Labute approximate surface area is 126 Å². The summed E-state index contributed by atoms with van der Waals surface area (Å²) < 4.78 is 5.63. The first-order valence-electron chi connectivity index (χ1n) is 7.09. The molecule has 0 aliphatic carbocycles. The minimum Gasteiger partial charge on any atom is -0.491 e. The standard InChI is InChI=1S/C16H23N3O2/c1-11(2)21-15-7-5-6-14(8-15)16(9-17)18-10-12(3)19-13(4)20/h5-8,11-12,16,18H,10H2,1-4H3,(H,19,20). The highest BCUT2D eigenvalue weighted by Crippen LogP contribution is 2.20. The Hall–Kier alpha value is -2.06. The summed E-state index contributed by atoms with van der Waals surface area (Å²) in [5, 5.41) is 15.2. The predicted octanol–water partition coefficient (Wildman–Crippen LogP) is 2.15. The van der Waals surface area contributed by atoms with Gasteiger partial charge in [-0.2, -0.15) is 5.26 Å². The summed E-state index contributed by atoms with van der Waals surface area (Å²) in [6.45, 7) is 7.81. The zero-order valence-electron chi connectivity index (χ0n) is 13.0. The third-order valence-electron chi connectivity index (χ3n) is 2.77. The minimum absolute atomic E-state index is 0.0338. The molecule has 0 bridgehead atoms. The summed E-state index contributed by atoms with van der Waals surface area (Å²) in [5.41, 5.74) is 0.852. The average Bonchev–Trinajstić information content (AvgIpc) is 2.38. The van der Waals surface area contributed by atoms with Crippen molar-refractivity contribution in [3.8, 4) is 11.8 Å². The molecule has 1 rings (SSSR count). The van der Waals surface area contributed by atoms with E-state index in [1.54, 1.807) is 0 Å². The number of ether oxygens (including phenoxy) is 1. The van der Waals surface area contributed by atoms with Gasteiger partial charge in [0.05, 0.1) is 12.2 Å². The summed E-state index contributed by atoms with van der Waals surface area (Å²) in [5.74, 6) is 0.671. The van der Waals surface area contributed by atoms with Gasteiger partial charge in [0.25, 0.3) is 0 Å². The monoisotopic (exact) mass is 289 g/mol. The fourth-order valence-electron chi connectivity index (χ4n) is 1.97. The third-order valence-corrected chi connectivity index (χ3v) is 2.77. The lowest BCUT2D eigenvalue weighted by atomic mass is 10.1. The van der Waals surface area contributed by atoms with Gasteiger partial charge in [0.15, 0.2) is 0 Å². The van der Waals surface area contributed by atoms with Crippen molar-refractivity contribution in [3.05, 3.63) is 29.8 Å². The zero-order valence-corrected chi connectivity index (χ0v) is 13.0. The normalized spacial score (nSPS) is 13.3. The number of nitrogens with zero attached hydrogens (tertiary/aromatic N) is 1. The van der Waals surface area contributed by atoms with Gasteiger partial charge in [-0.15, -0.1) is 0 Å². The van der Waals surface area contributed by atoms with E-state index in [0.717, 1.165) is 11.3 Å². The van der Waals surface area contributed by atoms with Gasteiger partial charge in [0.2, 0.25) is 5.91 Å². The Morgan fingerprint density at radius 1 is 1.38 bits per heavy atom. The van der Waals surface area contributed by atoms with Crippen LogP contribution < -0.4 is 15.4 Å². The van der Waals surface area contributed by atoms with Crippen molar-refractivity contribution < 1.29 is 9.53 Å². The number of nitriles is 1. The van der Waals surface area contributed by atoms with Crippen molar-refractivity contribution in [2.24, 2.45) is 0 Å². The Kier molecular flexibility index (Phi) is 6.70. The van der Waals surface area contributed by atoms with Crippen LogP contribution in [-0.2, 0) is 4.79 Å². The number of carbonyl (C=O) groups is 1. The van der Waals surface area contributed by atoms with Gasteiger partial charge >= 0.3 is 0 Å². The molecule has 114 valence electrons. The lowest BCUT2D eigenvalue weighted by Gasteiger charge is -2.18. The topological polar surface area (TPSA) is 74.2 Å². The maximum atomic E-state index is 11.0. The van der Waals surface area contributed by atoms with Crippen molar-refractivity contribution in [2.45, 2.75) is 45.9 Å². The molecule has 0 aliphatic rings. The highest BCUT2D eigenvalue weighted by Gasteiger charge is 2.13. The lowest BCUT2D eigenvalue weighted by molar-refractivity contribution is -0.119. The molecule has 5 nitrogen and oxygen atoms in total. The molecule has 0 saturated heterocycles. The van der Waals surface area contributed by atoms with Crippen LogP contribution in [0.1, 0.15) is 39.3 Å². The van der Waals surface area contributed by atoms with Crippen LogP contribution in [0.3, 0.4) is 0 Å². The number of nitrogens with one attached hydrogen (secondary N) is 2. The van der Waals surface area contributed by atoms with Crippen molar-refractivity contribution in [1.29, 1.82) is 5.26 Å². The molecule has 0 aliphatic heterocycles. The summed E-state index contributed by atoms with van der Waals surface area (Å²) >= 11 is 0. The number of benzene rings is 1. The number of rotatable bonds is 7. The van der Waals surface area contributed by atoms with Gasteiger partial charge in [0, 0.05) is 19.5 Å². The molecule has 0 fully saturated rings. The molecule has 0 aromatic heterocycles. The van der Waals surface area contributed by atoms with Gasteiger partial charge in [-0.25, -0.2) is 0 Å². The number of hydrogen-bond acceptors (Lipinski definition) is 4. The smallest absolute Gasteiger partial charge is 0.217 e. The molecule has 2 unspecified atom stereocenters. The molecule has 2 atom stereocenters. The Balaban J connectivity index is 2.68. The van der Waals surface area contributed by atoms with Crippen molar-refractivity contribution >= 4 is 5.91 Å². The minimum atomic E-state index is -0.433. The molecule has 1 aromatic carbocycles. The molecule has 5 heteroatoms. The van der Waals surface area contributed by atoms with E-state index in [2.05, 4.69) is 16.7 Å². The van der Waals surface area contributed by atoms with Gasteiger partial charge < -0.3 is 10.1 Å². The Morgan fingerprint density at radius 2 is 2.10 bits per heavy atom. The molecule has 0 spiro atoms. The van der Waals surface area contributed by atoms with Crippen molar-refractivity contribution in [1.82, 2.24) is 10.6 Å². The molecule has 0 heterocycles. The molecular formula is C16H23N3O2. The fourth-order valence-corrected chi connectivity index (χ4v) is 1.97. The van der Waals surface area contributed by atoms with Gasteiger partial charge in [-0.1, -0.05) is 12.1 Å². The average molecular weight is 289 g/mol. The predicted molar refractivity (Wildman–Crippen MR) is 81.8 cm³/mol. The van der Waals surface area contributed by atoms with Crippen LogP contribution in [0.15, 0.2) is 24.3 Å². The van der Waals surface area contributed by atoms with Gasteiger partial charge in [-0.05, 0) is 38.5 Å². The second kappa shape index (κ2) is 8.28. The van der Waals surface area contributed by atoms with E-state index in [0.29, 0.717) is 6.54 Å². The van der Waals surface area contributed by atoms with Crippen molar-refractivity contribution in [3.63, 3.8) is 0 Å². The fraction of sp³-hybridized carbons (Fsp3) is 0.500. The Morgan fingerprint density at radius 3 is 2.67 bits per heavy atom. The van der Waals surface area contributed by atoms with Crippen LogP contribution in [0.25, 0.3) is 0 Å². The van der Waals surface area contributed by atoms with Gasteiger partial charge in [0.1, 0.15) is 11.8 Å². The Bertz CT molecular complexity index is 508. The molecular weight excluding hydrogens is 266 g/mol. The maximum absolute atomic E-state index is 11.0. The van der Waals surface area contributed by atoms with Crippen LogP contribution in [0.4, 0.5) is 0 Å². The van der Waals surface area contributed by atoms with E-state index in [-0.39, 0.29) is 18.1 Å². The third kappa shape index (κ3) is 6.28. The summed E-state index contributed by atoms with van der Waals surface area (Å²) in [4.78, 5) is 11.0. The van der Waals surface area contributed by atoms with Crippen LogP contribution >= 0.6 is 0 Å². The quantitative estimate of drug-likeness (QED) is 0.806. The first kappa shape index (κ1) is 17.0. The van der Waals surface area contributed by atoms with E-state index < -0.39 is 6.04 Å².